The lowest BCUT2D eigenvalue weighted by Crippen LogP contribution is -2.41. The second-order valence-electron chi connectivity index (χ2n) is 6.05. The molecule has 1 fully saturated rings. The van der Waals surface area contributed by atoms with Gasteiger partial charge in [0.25, 0.3) is 0 Å². The fourth-order valence-electron chi connectivity index (χ4n) is 2.89. The number of aryl methyl sites for hydroxylation is 1. The van der Waals surface area contributed by atoms with Crippen LogP contribution in [0.4, 0.5) is 9.18 Å². The van der Waals surface area contributed by atoms with Crippen LogP contribution >= 0.6 is 0 Å². The number of rotatable bonds is 6. The molecule has 1 aliphatic rings. The van der Waals surface area contributed by atoms with Crippen LogP contribution in [0.5, 0.6) is 0 Å². The lowest BCUT2D eigenvalue weighted by atomic mass is 9.99. The molecule has 0 bridgehead atoms. The molecule has 25 heavy (non-hydrogen) atoms. The van der Waals surface area contributed by atoms with E-state index in [-0.39, 0.29) is 30.5 Å². The molecule has 2 heterocycles. The van der Waals surface area contributed by atoms with E-state index in [0.717, 1.165) is 30.5 Å². The SMILES string of the molecule is CCc1cc(CNC(=O)NC(c2ccc(F)cc2)C2CCCO2)on1. The van der Waals surface area contributed by atoms with Crippen LogP contribution in [-0.2, 0) is 17.7 Å². The highest BCUT2D eigenvalue weighted by Gasteiger charge is 2.28. The largest absolute Gasteiger partial charge is 0.376 e. The minimum Gasteiger partial charge on any atom is -0.376 e. The summed E-state index contributed by atoms with van der Waals surface area (Å²) in [6.45, 7) is 2.90. The highest BCUT2D eigenvalue weighted by atomic mass is 19.1. The van der Waals surface area contributed by atoms with Crippen molar-refractivity contribution in [1.29, 1.82) is 0 Å². The molecule has 1 aliphatic heterocycles. The van der Waals surface area contributed by atoms with Crippen LogP contribution < -0.4 is 10.6 Å². The number of nitrogens with one attached hydrogen (secondary N) is 2. The molecule has 2 N–H and O–H groups in total. The van der Waals surface area contributed by atoms with Crippen molar-refractivity contribution in [1.82, 2.24) is 15.8 Å². The van der Waals surface area contributed by atoms with Gasteiger partial charge in [-0.25, -0.2) is 9.18 Å². The summed E-state index contributed by atoms with van der Waals surface area (Å²) in [5, 5.41) is 9.57. The number of urea groups is 1. The van der Waals surface area contributed by atoms with Gasteiger partial charge in [0.15, 0.2) is 5.76 Å². The number of amides is 2. The van der Waals surface area contributed by atoms with Crippen LogP contribution in [-0.4, -0.2) is 23.9 Å². The van der Waals surface area contributed by atoms with Crippen molar-refractivity contribution in [2.24, 2.45) is 0 Å². The third kappa shape index (κ3) is 4.57. The lowest BCUT2D eigenvalue weighted by Gasteiger charge is -2.24. The van der Waals surface area contributed by atoms with Crippen molar-refractivity contribution in [3.8, 4) is 0 Å². The Balaban J connectivity index is 1.62. The van der Waals surface area contributed by atoms with Crippen molar-refractivity contribution in [2.45, 2.75) is 44.9 Å². The Kier molecular flexibility index (Phi) is 5.65. The molecule has 0 radical (unpaired) electrons. The van der Waals surface area contributed by atoms with Gasteiger partial charge in [-0.1, -0.05) is 24.2 Å². The first-order chi connectivity index (χ1) is 12.2. The van der Waals surface area contributed by atoms with Gasteiger partial charge in [-0.05, 0) is 37.0 Å². The Hall–Kier alpha value is -2.41. The van der Waals surface area contributed by atoms with Gasteiger partial charge in [0.1, 0.15) is 5.82 Å². The predicted octanol–water partition coefficient (Wildman–Crippen LogP) is 3.10. The van der Waals surface area contributed by atoms with Crippen LogP contribution in [0.2, 0.25) is 0 Å². The van der Waals surface area contributed by atoms with Crippen LogP contribution in [0.1, 0.15) is 42.8 Å². The number of ether oxygens (including phenoxy) is 1. The van der Waals surface area contributed by atoms with Crippen LogP contribution in [0, 0.1) is 5.82 Å². The van der Waals surface area contributed by atoms with E-state index in [0.29, 0.717) is 12.4 Å². The van der Waals surface area contributed by atoms with E-state index in [1.165, 1.54) is 12.1 Å². The number of hydrogen-bond acceptors (Lipinski definition) is 4. The zero-order chi connectivity index (χ0) is 17.6. The Labute approximate surface area is 145 Å². The topological polar surface area (TPSA) is 76.4 Å². The molecule has 1 aromatic heterocycles. The first-order valence-corrected chi connectivity index (χ1v) is 8.51. The van der Waals surface area contributed by atoms with E-state index in [1.807, 2.05) is 13.0 Å². The van der Waals surface area contributed by atoms with Crippen molar-refractivity contribution >= 4 is 6.03 Å². The van der Waals surface area contributed by atoms with Gasteiger partial charge >= 0.3 is 6.03 Å². The van der Waals surface area contributed by atoms with E-state index in [1.54, 1.807) is 12.1 Å². The predicted molar refractivity (Wildman–Crippen MR) is 89.4 cm³/mol. The van der Waals surface area contributed by atoms with Crippen molar-refractivity contribution in [2.75, 3.05) is 6.61 Å². The monoisotopic (exact) mass is 347 g/mol. The smallest absolute Gasteiger partial charge is 0.315 e. The molecule has 1 aromatic carbocycles. The molecule has 1 saturated heterocycles. The highest BCUT2D eigenvalue weighted by Crippen LogP contribution is 2.27. The molecule has 0 spiro atoms. The van der Waals surface area contributed by atoms with E-state index < -0.39 is 0 Å². The molecule has 2 unspecified atom stereocenters. The second kappa shape index (κ2) is 8.11. The average Bonchev–Trinajstić information content (AvgIpc) is 3.30. The molecular weight excluding hydrogens is 325 g/mol. The summed E-state index contributed by atoms with van der Waals surface area (Å²) in [5.41, 5.74) is 1.66. The van der Waals surface area contributed by atoms with Gasteiger partial charge in [-0.15, -0.1) is 0 Å². The standard InChI is InChI=1S/C18H22FN3O3/c1-2-14-10-15(25-22-14)11-20-18(23)21-17(16-4-3-9-24-16)12-5-7-13(19)8-6-12/h5-8,10,16-17H,2-4,9,11H2,1H3,(H2,20,21,23). The third-order valence-electron chi connectivity index (χ3n) is 4.25. The van der Waals surface area contributed by atoms with Crippen LogP contribution in [0.25, 0.3) is 0 Å². The van der Waals surface area contributed by atoms with Gasteiger partial charge in [-0.2, -0.15) is 0 Å². The van der Waals surface area contributed by atoms with Crippen LogP contribution in [0.3, 0.4) is 0 Å². The Morgan fingerprint density at radius 2 is 2.20 bits per heavy atom. The van der Waals surface area contributed by atoms with Gasteiger partial charge in [0.2, 0.25) is 0 Å². The fraction of sp³-hybridized carbons (Fsp3) is 0.444. The first kappa shape index (κ1) is 17.4. The van der Waals surface area contributed by atoms with E-state index in [9.17, 15) is 9.18 Å². The van der Waals surface area contributed by atoms with Crippen LogP contribution in [0.15, 0.2) is 34.9 Å². The molecule has 0 aliphatic carbocycles. The Morgan fingerprint density at radius 3 is 2.84 bits per heavy atom. The number of carbonyl (C=O) groups excluding carboxylic acids is 1. The highest BCUT2D eigenvalue weighted by molar-refractivity contribution is 5.74. The van der Waals surface area contributed by atoms with E-state index in [4.69, 9.17) is 9.26 Å². The number of benzene rings is 1. The molecule has 2 aromatic rings. The number of halogens is 1. The van der Waals surface area contributed by atoms with E-state index in [2.05, 4.69) is 15.8 Å². The van der Waals surface area contributed by atoms with Gasteiger partial charge in [-0.3, -0.25) is 0 Å². The molecule has 7 heteroatoms. The Morgan fingerprint density at radius 1 is 1.40 bits per heavy atom. The number of nitrogens with zero attached hydrogens (tertiary/aromatic N) is 1. The summed E-state index contributed by atoms with van der Waals surface area (Å²) in [6, 6.07) is 7.27. The maximum absolute atomic E-state index is 13.2. The summed E-state index contributed by atoms with van der Waals surface area (Å²) in [5.74, 6) is 0.291. The minimum absolute atomic E-state index is 0.117. The maximum atomic E-state index is 13.2. The summed E-state index contributed by atoms with van der Waals surface area (Å²) < 4.78 is 24.0. The second-order valence-corrected chi connectivity index (χ2v) is 6.05. The Bertz CT molecular complexity index is 696. The molecule has 134 valence electrons. The normalized spacial score (nSPS) is 18.1. The molecule has 2 atom stereocenters. The molecule has 3 rings (SSSR count). The first-order valence-electron chi connectivity index (χ1n) is 8.51. The minimum atomic E-state index is -0.334. The fourth-order valence-corrected chi connectivity index (χ4v) is 2.89. The zero-order valence-electron chi connectivity index (χ0n) is 14.1. The number of aromatic nitrogens is 1. The van der Waals surface area contributed by atoms with Crippen molar-refractivity contribution in [3.63, 3.8) is 0 Å². The lowest BCUT2D eigenvalue weighted by molar-refractivity contribution is 0.0807. The van der Waals surface area contributed by atoms with Gasteiger partial charge < -0.3 is 19.9 Å². The van der Waals surface area contributed by atoms with E-state index >= 15 is 0 Å². The number of carbonyl (C=O) groups is 1. The molecule has 0 saturated carbocycles. The van der Waals surface area contributed by atoms with Gasteiger partial charge in [0, 0.05) is 12.7 Å². The quantitative estimate of drug-likeness (QED) is 0.842. The molecular formula is C18H22FN3O3. The summed E-state index contributed by atoms with van der Waals surface area (Å²) in [7, 11) is 0. The summed E-state index contributed by atoms with van der Waals surface area (Å²) >= 11 is 0. The maximum Gasteiger partial charge on any atom is 0.315 e. The zero-order valence-corrected chi connectivity index (χ0v) is 14.1. The summed E-state index contributed by atoms with van der Waals surface area (Å²) in [6.07, 6.45) is 2.46. The van der Waals surface area contributed by atoms with Crippen molar-refractivity contribution in [3.05, 3.63) is 53.2 Å². The van der Waals surface area contributed by atoms with Gasteiger partial charge in [0.05, 0.1) is 24.4 Å². The molecule has 6 nitrogen and oxygen atoms in total. The summed E-state index contributed by atoms with van der Waals surface area (Å²) in [4.78, 5) is 12.3. The molecule has 2 amide bonds. The third-order valence-corrected chi connectivity index (χ3v) is 4.25. The average molecular weight is 347 g/mol. The number of hydrogen-bond donors (Lipinski definition) is 2. The van der Waals surface area contributed by atoms with Crippen molar-refractivity contribution < 1.29 is 18.4 Å².